The Labute approximate surface area is 139 Å². The summed E-state index contributed by atoms with van der Waals surface area (Å²) >= 11 is 14.3. The van der Waals surface area contributed by atoms with Gasteiger partial charge in [0.25, 0.3) is 5.91 Å². The van der Waals surface area contributed by atoms with E-state index in [0.717, 1.165) is 19.7 Å². The maximum atomic E-state index is 12.1. The molecular formula is C13H16Br2ClNOS. The zero-order chi connectivity index (χ0) is 13.8. The van der Waals surface area contributed by atoms with Crippen molar-refractivity contribution < 1.29 is 4.79 Å². The highest BCUT2D eigenvalue weighted by Gasteiger charge is 2.25. The first-order valence-corrected chi connectivity index (χ1v) is 9.34. The summed E-state index contributed by atoms with van der Waals surface area (Å²) < 4.78 is 1.88. The fraction of sp³-hybridized carbons (Fsp3) is 0.615. The van der Waals surface area contributed by atoms with Gasteiger partial charge in [0, 0.05) is 16.9 Å². The molecule has 106 valence electrons. The van der Waals surface area contributed by atoms with Crippen molar-refractivity contribution in [3.63, 3.8) is 0 Å². The van der Waals surface area contributed by atoms with E-state index < -0.39 is 0 Å². The number of carbonyl (C=O) groups excluding carboxylic acids is 1. The van der Waals surface area contributed by atoms with E-state index in [0.29, 0.717) is 17.7 Å². The lowest BCUT2D eigenvalue weighted by Gasteiger charge is -2.30. The van der Waals surface area contributed by atoms with Gasteiger partial charge in [-0.25, -0.2) is 0 Å². The largest absolute Gasteiger partial charge is 0.351 e. The molecule has 1 aromatic rings. The first-order chi connectivity index (χ1) is 9.11. The molecule has 2 rings (SSSR count). The number of thiophene rings is 1. The molecule has 6 heteroatoms. The van der Waals surface area contributed by atoms with E-state index in [2.05, 4.69) is 37.2 Å². The van der Waals surface area contributed by atoms with Crippen molar-refractivity contribution in [1.82, 2.24) is 5.32 Å². The van der Waals surface area contributed by atoms with Crippen molar-refractivity contribution in [1.29, 1.82) is 0 Å². The van der Waals surface area contributed by atoms with Gasteiger partial charge >= 0.3 is 0 Å². The van der Waals surface area contributed by atoms with Gasteiger partial charge in [0.05, 0.1) is 8.66 Å². The summed E-state index contributed by atoms with van der Waals surface area (Å²) in [4.78, 5) is 12.8. The molecule has 1 amide bonds. The molecule has 2 unspecified atom stereocenters. The second-order valence-electron chi connectivity index (χ2n) is 4.90. The van der Waals surface area contributed by atoms with Gasteiger partial charge in [0.15, 0.2) is 0 Å². The maximum Gasteiger partial charge on any atom is 0.261 e. The molecule has 0 aromatic carbocycles. The van der Waals surface area contributed by atoms with Gasteiger partial charge in [-0.2, -0.15) is 0 Å². The number of halogens is 3. The lowest BCUT2D eigenvalue weighted by molar-refractivity contribution is 0.0941. The standard InChI is InChI=1S/C13H16Br2ClNOS/c14-10-5-11(19-12(10)15)13(18)17-7-9-4-2-1-3-8(9)6-16/h5,8-9H,1-4,6-7H2,(H,17,18). The first kappa shape index (κ1) is 15.8. The minimum absolute atomic E-state index is 0.00953. The van der Waals surface area contributed by atoms with Crippen LogP contribution in [-0.2, 0) is 0 Å². The number of hydrogen-bond donors (Lipinski definition) is 1. The third-order valence-corrected chi connectivity index (χ3v) is 7.31. The van der Waals surface area contributed by atoms with E-state index in [-0.39, 0.29) is 5.91 Å². The summed E-state index contributed by atoms with van der Waals surface area (Å²) in [5, 5.41) is 3.04. The molecule has 2 atom stereocenters. The second-order valence-corrected chi connectivity index (χ2v) is 8.43. The van der Waals surface area contributed by atoms with Crippen LogP contribution in [-0.4, -0.2) is 18.3 Å². The molecule has 1 aliphatic rings. The Morgan fingerprint density at radius 3 is 2.63 bits per heavy atom. The SMILES string of the molecule is O=C(NCC1CCCCC1CCl)c1cc(Br)c(Br)s1. The highest BCUT2D eigenvalue weighted by Crippen LogP contribution is 2.33. The first-order valence-electron chi connectivity index (χ1n) is 6.40. The summed E-state index contributed by atoms with van der Waals surface area (Å²) in [6.07, 6.45) is 4.90. The fourth-order valence-corrected chi connectivity index (χ4v) is 4.88. The Morgan fingerprint density at radius 2 is 2.05 bits per heavy atom. The third kappa shape index (κ3) is 4.19. The lowest BCUT2D eigenvalue weighted by atomic mass is 9.80. The van der Waals surface area contributed by atoms with Crippen LogP contribution in [0.3, 0.4) is 0 Å². The molecule has 1 heterocycles. The van der Waals surface area contributed by atoms with E-state index >= 15 is 0 Å². The van der Waals surface area contributed by atoms with Crippen LogP contribution in [0, 0.1) is 11.8 Å². The van der Waals surface area contributed by atoms with Crippen molar-refractivity contribution >= 4 is 60.7 Å². The minimum atomic E-state index is 0.00953. The molecule has 0 radical (unpaired) electrons. The van der Waals surface area contributed by atoms with E-state index in [1.165, 1.54) is 37.0 Å². The summed E-state index contributed by atoms with van der Waals surface area (Å²) in [6.45, 7) is 0.739. The van der Waals surface area contributed by atoms with E-state index in [1.807, 2.05) is 6.07 Å². The van der Waals surface area contributed by atoms with Gasteiger partial charge in [-0.05, 0) is 62.6 Å². The molecule has 19 heavy (non-hydrogen) atoms. The van der Waals surface area contributed by atoms with Crippen molar-refractivity contribution in [2.24, 2.45) is 11.8 Å². The number of rotatable bonds is 4. The van der Waals surface area contributed by atoms with Crippen LogP contribution in [0.15, 0.2) is 14.3 Å². The Bertz CT molecular complexity index is 432. The number of hydrogen-bond acceptors (Lipinski definition) is 2. The molecule has 0 aliphatic heterocycles. The highest BCUT2D eigenvalue weighted by atomic mass is 79.9. The second kappa shape index (κ2) is 7.43. The summed E-state index contributed by atoms with van der Waals surface area (Å²) in [7, 11) is 0. The molecule has 1 N–H and O–H groups in total. The van der Waals surface area contributed by atoms with Crippen molar-refractivity contribution in [2.75, 3.05) is 12.4 Å². The van der Waals surface area contributed by atoms with Gasteiger partial charge < -0.3 is 5.32 Å². The number of carbonyl (C=O) groups is 1. The van der Waals surface area contributed by atoms with Crippen molar-refractivity contribution in [3.05, 3.63) is 19.2 Å². The Hall–Kier alpha value is 0.420. The zero-order valence-corrected chi connectivity index (χ0v) is 15.2. The molecule has 0 bridgehead atoms. The van der Waals surface area contributed by atoms with E-state index in [4.69, 9.17) is 11.6 Å². The number of nitrogens with one attached hydrogen (secondary N) is 1. The molecule has 0 saturated heterocycles. The van der Waals surface area contributed by atoms with Gasteiger partial charge in [-0.1, -0.05) is 12.8 Å². The van der Waals surface area contributed by atoms with Crippen molar-refractivity contribution in [2.45, 2.75) is 25.7 Å². The predicted octanol–water partition coefficient (Wildman–Crippen LogP) is 5.05. The van der Waals surface area contributed by atoms with Crippen LogP contribution in [0.25, 0.3) is 0 Å². The summed E-state index contributed by atoms with van der Waals surface area (Å²) in [5.41, 5.74) is 0. The van der Waals surface area contributed by atoms with Crippen LogP contribution < -0.4 is 5.32 Å². The predicted molar refractivity (Wildman–Crippen MR) is 88.2 cm³/mol. The summed E-state index contributed by atoms with van der Waals surface area (Å²) in [6, 6.07) is 1.85. The minimum Gasteiger partial charge on any atom is -0.351 e. The Morgan fingerprint density at radius 1 is 1.37 bits per heavy atom. The number of amides is 1. The molecule has 1 fully saturated rings. The monoisotopic (exact) mass is 427 g/mol. The normalized spacial score (nSPS) is 23.3. The van der Waals surface area contributed by atoms with Gasteiger partial charge in [0.1, 0.15) is 0 Å². The van der Waals surface area contributed by atoms with Crippen LogP contribution in [0.4, 0.5) is 0 Å². The van der Waals surface area contributed by atoms with Crippen LogP contribution in [0.2, 0.25) is 0 Å². The van der Waals surface area contributed by atoms with E-state index in [1.54, 1.807) is 0 Å². The molecule has 1 saturated carbocycles. The highest BCUT2D eigenvalue weighted by molar-refractivity contribution is 9.13. The molecule has 0 spiro atoms. The third-order valence-electron chi connectivity index (χ3n) is 3.66. The number of alkyl halides is 1. The fourth-order valence-electron chi connectivity index (χ4n) is 2.53. The average molecular weight is 430 g/mol. The smallest absolute Gasteiger partial charge is 0.261 e. The molecular weight excluding hydrogens is 413 g/mol. The van der Waals surface area contributed by atoms with Gasteiger partial charge in [-0.15, -0.1) is 22.9 Å². The van der Waals surface area contributed by atoms with Crippen LogP contribution in [0.1, 0.15) is 35.4 Å². The lowest BCUT2D eigenvalue weighted by Crippen LogP contribution is -2.34. The maximum absolute atomic E-state index is 12.1. The van der Waals surface area contributed by atoms with Crippen molar-refractivity contribution in [3.8, 4) is 0 Å². The average Bonchev–Trinajstić information content (AvgIpc) is 2.76. The summed E-state index contributed by atoms with van der Waals surface area (Å²) in [5.74, 6) is 1.80. The zero-order valence-electron chi connectivity index (χ0n) is 10.4. The Balaban J connectivity index is 1.89. The molecule has 2 nitrogen and oxygen atoms in total. The molecule has 1 aliphatic carbocycles. The quantitative estimate of drug-likeness (QED) is 0.667. The topological polar surface area (TPSA) is 29.1 Å². The Kier molecular flexibility index (Phi) is 6.18. The van der Waals surface area contributed by atoms with E-state index in [9.17, 15) is 4.79 Å². The van der Waals surface area contributed by atoms with Crippen LogP contribution in [0.5, 0.6) is 0 Å². The molecule has 1 aromatic heterocycles. The van der Waals surface area contributed by atoms with Crippen LogP contribution >= 0.6 is 54.8 Å². The van der Waals surface area contributed by atoms with Gasteiger partial charge in [-0.3, -0.25) is 4.79 Å². The van der Waals surface area contributed by atoms with Gasteiger partial charge in [0.2, 0.25) is 0 Å².